The minimum Gasteiger partial charge on any atom is -0.481 e. The molecule has 1 aliphatic heterocycles. The van der Waals surface area contributed by atoms with E-state index in [4.69, 9.17) is 0 Å². The zero-order chi connectivity index (χ0) is 18.4. The van der Waals surface area contributed by atoms with E-state index in [1.54, 1.807) is 17.0 Å². The average Bonchev–Trinajstić information content (AvgIpc) is 3.45. The molecule has 0 bridgehead atoms. The molecule has 1 amide bonds. The van der Waals surface area contributed by atoms with Crippen LogP contribution in [0.2, 0.25) is 0 Å². The van der Waals surface area contributed by atoms with Gasteiger partial charge in [-0.2, -0.15) is 0 Å². The van der Waals surface area contributed by atoms with E-state index in [2.05, 4.69) is 4.98 Å². The zero-order valence-corrected chi connectivity index (χ0v) is 14.6. The summed E-state index contributed by atoms with van der Waals surface area (Å²) in [5.74, 6) is -1.71. The fraction of sp³-hybridized carbons (Fsp3) is 0.450. The molecule has 0 radical (unpaired) electrons. The molecule has 6 heteroatoms. The van der Waals surface area contributed by atoms with Crippen molar-refractivity contribution in [1.29, 1.82) is 0 Å². The van der Waals surface area contributed by atoms with E-state index >= 15 is 0 Å². The van der Waals surface area contributed by atoms with E-state index in [-0.39, 0.29) is 18.5 Å². The van der Waals surface area contributed by atoms with Gasteiger partial charge in [-0.3, -0.25) is 14.6 Å². The van der Waals surface area contributed by atoms with Gasteiger partial charge < -0.3 is 10.0 Å². The molecule has 2 aliphatic rings. The lowest BCUT2D eigenvalue weighted by molar-refractivity contribution is -0.143. The lowest BCUT2D eigenvalue weighted by Gasteiger charge is -2.36. The van der Waals surface area contributed by atoms with Crippen molar-refractivity contribution in [3.05, 3.63) is 41.3 Å². The maximum absolute atomic E-state index is 13.8. The highest BCUT2D eigenvalue weighted by molar-refractivity contribution is 6.06. The van der Waals surface area contributed by atoms with Crippen LogP contribution in [0, 0.1) is 11.7 Å². The standard InChI is InChI=1S/C20H21FN2O3/c1-11-2-3-13(20(25)26)10-23(11)19(24)16-9-18(12-4-5-12)22-17-7-6-14(21)8-15(16)17/h6-9,11-13H,2-5,10H2,1H3,(H,25,26). The first-order valence-corrected chi connectivity index (χ1v) is 9.08. The predicted octanol–water partition coefficient (Wildman–Crippen LogP) is 3.58. The highest BCUT2D eigenvalue weighted by atomic mass is 19.1. The number of hydrogen-bond acceptors (Lipinski definition) is 3. The highest BCUT2D eigenvalue weighted by Gasteiger charge is 2.34. The van der Waals surface area contributed by atoms with Gasteiger partial charge >= 0.3 is 5.97 Å². The number of aliphatic carboxylic acids is 1. The molecule has 1 aromatic heterocycles. The largest absolute Gasteiger partial charge is 0.481 e. The molecule has 1 aliphatic carbocycles. The molecule has 4 rings (SSSR count). The number of pyridine rings is 1. The van der Waals surface area contributed by atoms with Crippen molar-refractivity contribution >= 4 is 22.8 Å². The van der Waals surface area contributed by atoms with Crippen LogP contribution in [0.5, 0.6) is 0 Å². The third kappa shape index (κ3) is 3.04. The van der Waals surface area contributed by atoms with Gasteiger partial charge in [0.2, 0.25) is 0 Å². The molecular weight excluding hydrogens is 335 g/mol. The molecule has 1 N–H and O–H groups in total. The number of piperidine rings is 1. The number of amides is 1. The fourth-order valence-corrected chi connectivity index (χ4v) is 3.73. The molecule has 136 valence electrons. The number of carboxylic acids is 1. The molecule has 2 aromatic rings. The summed E-state index contributed by atoms with van der Waals surface area (Å²) in [6.07, 6.45) is 3.32. The van der Waals surface area contributed by atoms with Gasteiger partial charge in [0.15, 0.2) is 0 Å². The lowest BCUT2D eigenvalue weighted by atomic mass is 9.92. The Labute approximate surface area is 150 Å². The van der Waals surface area contributed by atoms with Gasteiger partial charge in [-0.1, -0.05) is 0 Å². The summed E-state index contributed by atoms with van der Waals surface area (Å²) >= 11 is 0. The molecule has 1 aromatic carbocycles. The van der Waals surface area contributed by atoms with E-state index in [0.717, 1.165) is 18.5 Å². The number of carbonyl (C=O) groups is 2. The SMILES string of the molecule is CC1CCC(C(=O)O)CN1C(=O)c1cc(C2CC2)nc2ccc(F)cc12. The molecule has 2 unspecified atom stereocenters. The number of carbonyl (C=O) groups excluding carboxylic acids is 1. The predicted molar refractivity (Wildman–Crippen MR) is 94.5 cm³/mol. The molecule has 0 spiro atoms. The summed E-state index contributed by atoms with van der Waals surface area (Å²) in [7, 11) is 0. The summed E-state index contributed by atoms with van der Waals surface area (Å²) in [6, 6.07) is 6.03. The quantitative estimate of drug-likeness (QED) is 0.913. The topological polar surface area (TPSA) is 70.5 Å². The van der Waals surface area contributed by atoms with Crippen LogP contribution < -0.4 is 0 Å². The van der Waals surface area contributed by atoms with Crippen molar-refractivity contribution in [2.75, 3.05) is 6.54 Å². The van der Waals surface area contributed by atoms with Crippen LogP contribution in [0.15, 0.2) is 24.3 Å². The summed E-state index contributed by atoms with van der Waals surface area (Å²) < 4.78 is 13.8. The van der Waals surface area contributed by atoms with Gasteiger partial charge in [-0.25, -0.2) is 4.39 Å². The van der Waals surface area contributed by atoms with Crippen molar-refractivity contribution in [2.45, 2.75) is 44.6 Å². The average molecular weight is 356 g/mol. The normalized spacial score (nSPS) is 23.2. The fourth-order valence-electron chi connectivity index (χ4n) is 3.73. The first-order valence-electron chi connectivity index (χ1n) is 9.08. The lowest BCUT2D eigenvalue weighted by Crippen LogP contribution is -2.47. The van der Waals surface area contributed by atoms with E-state index < -0.39 is 17.7 Å². The highest BCUT2D eigenvalue weighted by Crippen LogP contribution is 2.40. The summed E-state index contributed by atoms with van der Waals surface area (Å²) in [6.45, 7) is 2.12. The number of fused-ring (bicyclic) bond motifs is 1. The van der Waals surface area contributed by atoms with Gasteiger partial charge in [0, 0.05) is 29.6 Å². The number of rotatable bonds is 3. The Kier molecular flexibility index (Phi) is 4.13. The summed E-state index contributed by atoms with van der Waals surface area (Å²) in [5, 5.41) is 9.82. The van der Waals surface area contributed by atoms with Crippen LogP contribution in [0.4, 0.5) is 4.39 Å². The minimum atomic E-state index is -0.876. The van der Waals surface area contributed by atoms with Crippen LogP contribution in [0.1, 0.15) is 54.6 Å². The second-order valence-electron chi connectivity index (χ2n) is 7.45. The molecule has 2 fully saturated rings. The van der Waals surface area contributed by atoms with Crippen LogP contribution in [0.3, 0.4) is 0 Å². The van der Waals surface area contributed by atoms with Crippen molar-refractivity contribution in [1.82, 2.24) is 9.88 Å². The van der Waals surface area contributed by atoms with Crippen LogP contribution in [-0.2, 0) is 4.79 Å². The van der Waals surface area contributed by atoms with E-state index in [9.17, 15) is 19.1 Å². The van der Waals surface area contributed by atoms with Gasteiger partial charge in [0.25, 0.3) is 5.91 Å². The number of likely N-dealkylation sites (tertiary alicyclic amines) is 1. The number of aromatic nitrogens is 1. The molecule has 1 saturated heterocycles. The van der Waals surface area contributed by atoms with Crippen molar-refractivity contribution in [2.24, 2.45) is 5.92 Å². The van der Waals surface area contributed by atoms with Gasteiger partial charge in [0.1, 0.15) is 5.82 Å². The van der Waals surface area contributed by atoms with Crippen molar-refractivity contribution in [3.63, 3.8) is 0 Å². The Balaban J connectivity index is 1.77. The van der Waals surface area contributed by atoms with Gasteiger partial charge in [0.05, 0.1) is 17.0 Å². The molecule has 26 heavy (non-hydrogen) atoms. The number of halogens is 1. The van der Waals surface area contributed by atoms with Crippen LogP contribution in [-0.4, -0.2) is 39.5 Å². The summed E-state index contributed by atoms with van der Waals surface area (Å²) in [4.78, 5) is 30.9. The second kappa shape index (κ2) is 6.34. The maximum Gasteiger partial charge on any atom is 0.308 e. The number of hydrogen-bond donors (Lipinski definition) is 1. The Hall–Kier alpha value is -2.50. The first-order chi connectivity index (χ1) is 12.4. The maximum atomic E-state index is 13.8. The zero-order valence-electron chi connectivity index (χ0n) is 14.6. The molecular formula is C20H21FN2O3. The van der Waals surface area contributed by atoms with Crippen molar-refractivity contribution < 1.29 is 19.1 Å². The Bertz CT molecular complexity index is 894. The van der Waals surface area contributed by atoms with E-state index in [0.29, 0.717) is 35.2 Å². The summed E-state index contributed by atoms with van der Waals surface area (Å²) in [5.41, 5.74) is 1.90. The Morgan fingerprint density at radius 3 is 2.65 bits per heavy atom. The van der Waals surface area contributed by atoms with E-state index in [1.165, 1.54) is 12.1 Å². The second-order valence-corrected chi connectivity index (χ2v) is 7.45. The molecule has 1 saturated carbocycles. The Morgan fingerprint density at radius 2 is 1.96 bits per heavy atom. The Morgan fingerprint density at radius 1 is 1.19 bits per heavy atom. The number of nitrogens with zero attached hydrogens (tertiary/aromatic N) is 2. The van der Waals surface area contributed by atoms with Gasteiger partial charge in [-0.05, 0) is 56.9 Å². The molecule has 5 nitrogen and oxygen atoms in total. The van der Waals surface area contributed by atoms with Crippen molar-refractivity contribution in [3.8, 4) is 0 Å². The molecule has 2 heterocycles. The first kappa shape index (κ1) is 16.9. The molecule has 2 atom stereocenters. The number of carboxylic acid groups (broad SMARTS) is 1. The van der Waals surface area contributed by atoms with Crippen LogP contribution in [0.25, 0.3) is 10.9 Å². The third-order valence-electron chi connectivity index (χ3n) is 5.51. The van der Waals surface area contributed by atoms with Crippen LogP contribution >= 0.6 is 0 Å². The third-order valence-corrected chi connectivity index (χ3v) is 5.51. The van der Waals surface area contributed by atoms with Gasteiger partial charge in [-0.15, -0.1) is 0 Å². The monoisotopic (exact) mass is 356 g/mol. The minimum absolute atomic E-state index is 0.0424. The number of benzene rings is 1. The van der Waals surface area contributed by atoms with E-state index in [1.807, 2.05) is 6.92 Å². The smallest absolute Gasteiger partial charge is 0.308 e.